The lowest BCUT2D eigenvalue weighted by molar-refractivity contribution is -0.135. The van der Waals surface area contributed by atoms with E-state index in [0.29, 0.717) is 29.2 Å². The summed E-state index contributed by atoms with van der Waals surface area (Å²) in [6, 6.07) is 15.0. The van der Waals surface area contributed by atoms with Crippen LogP contribution in [0.3, 0.4) is 0 Å². The summed E-state index contributed by atoms with van der Waals surface area (Å²) in [5.41, 5.74) is 1.09. The third kappa shape index (κ3) is 7.11. The second-order valence-electron chi connectivity index (χ2n) is 6.64. The minimum Gasteiger partial charge on any atom is -0.497 e. The van der Waals surface area contributed by atoms with E-state index < -0.39 is 6.04 Å². The number of ether oxygens (including phenoxy) is 1. The maximum atomic E-state index is 12.9. The van der Waals surface area contributed by atoms with Crippen molar-refractivity contribution in [3.05, 3.63) is 60.2 Å². The third-order valence-electron chi connectivity index (χ3n) is 4.38. The SMILES string of the molecule is COc1ccc(NC(=O)CN(C)C(=O)[C@H](CCSC)NC(=O)c2ccccc2)cc1. The van der Waals surface area contributed by atoms with Crippen LogP contribution in [-0.4, -0.2) is 61.4 Å². The van der Waals surface area contributed by atoms with E-state index in [2.05, 4.69) is 10.6 Å². The second kappa shape index (κ2) is 11.9. The maximum absolute atomic E-state index is 12.9. The van der Waals surface area contributed by atoms with E-state index in [1.807, 2.05) is 12.3 Å². The summed E-state index contributed by atoms with van der Waals surface area (Å²) in [5, 5.41) is 5.54. The smallest absolute Gasteiger partial charge is 0.251 e. The summed E-state index contributed by atoms with van der Waals surface area (Å²) in [4.78, 5) is 39.0. The Labute approximate surface area is 181 Å². The van der Waals surface area contributed by atoms with Crippen LogP contribution in [0.4, 0.5) is 5.69 Å². The van der Waals surface area contributed by atoms with Crippen LogP contribution < -0.4 is 15.4 Å². The predicted molar refractivity (Wildman–Crippen MR) is 120 cm³/mol. The molecule has 7 nitrogen and oxygen atoms in total. The Kier molecular flexibility index (Phi) is 9.21. The first-order chi connectivity index (χ1) is 14.4. The number of rotatable bonds is 10. The molecule has 0 saturated heterocycles. The van der Waals surface area contributed by atoms with Gasteiger partial charge in [-0.2, -0.15) is 11.8 Å². The molecule has 160 valence electrons. The van der Waals surface area contributed by atoms with Gasteiger partial charge >= 0.3 is 0 Å². The van der Waals surface area contributed by atoms with Crippen LogP contribution in [0.2, 0.25) is 0 Å². The number of benzene rings is 2. The van der Waals surface area contributed by atoms with Crippen molar-refractivity contribution >= 4 is 35.2 Å². The lowest BCUT2D eigenvalue weighted by Gasteiger charge is -2.24. The van der Waals surface area contributed by atoms with Gasteiger partial charge in [-0.1, -0.05) is 18.2 Å². The standard InChI is InChI=1S/C22H27N3O4S/c1-25(15-20(26)23-17-9-11-18(29-2)12-10-17)22(28)19(13-14-30-3)24-21(27)16-7-5-4-6-8-16/h4-12,19H,13-15H2,1-3H3,(H,23,26)(H,24,27)/t19-/m0/s1. The summed E-state index contributed by atoms with van der Waals surface area (Å²) < 4.78 is 5.09. The molecule has 1 atom stereocenters. The van der Waals surface area contributed by atoms with Crippen molar-refractivity contribution in [3.63, 3.8) is 0 Å². The molecular formula is C22H27N3O4S. The Morgan fingerprint density at radius 3 is 2.33 bits per heavy atom. The van der Waals surface area contributed by atoms with Crippen LogP contribution in [0.1, 0.15) is 16.8 Å². The normalized spacial score (nSPS) is 11.3. The molecule has 0 aliphatic heterocycles. The van der Waals surface area contributed by atoms with Gasteiger partial charge in [0.15, 0.2) is 0 Å². The summed E-state index contributed by atoms with van der Waals surface area (Å²) >= 11 is 1.59. The zero-order valence-corrected chi connectivity index (χ0v) is 18.2. The first kappa shape index (κ1) is 23.3. The average Bonchev–Trinajstić information content (AvgIpc) is 2.77. The van der Waals surface area contributed by atoms with Crippen molar-refractivity contribution in [2.45, 2.75) is 12.5 Å². The van der Waals surface area contributed by atoms with Gasteiger partial charge in [-0.05, 0) is 54.8 Å². The fraction of sp³-hybridized carbons (Fsp3) is 0.318. The fourth-order valence-corrected chi connectivity index (χ4v) is 3.23. The Balaban J connectivity index is 1.97. The Bertz CT molecular complexity index is 843. The molecule has 30 heavy (non-hydrogen) atoms. The third-order valence-corrected chi connectivity index (χ3v) is 5.02. The molecule has 8 heteroatoms. The fourth-order valence-electron chi connectivity index (χ4n) is 2.76. The minimum absolute atomic E-state index is 0.123. The number of hydrogen-bond acceptors (Lipinski definition) is 5. The molecule has 0 spiro atoms. The Morgan fingerprint density at radius 2 is 1.73 bits per heavy atom. The Morgan fingerprint density at radius 1 is 1.07 bits per heavy atom. The molecule has 0 aliphatic rings. The monoisotopic (exact) mass is 429 g/mol. The van der Waals surface area contributed by atoms with Crippen molar-refractivity contribution < 1.29 is 19.1 Å². The number of nitrogens with one attached hydrogen (secondary N) is 2. The highest BCUT2D eigenvalue weighted by Gasteiger charge is 2.25. The van der Waals surface area contributed by atoms with E-state index in [9.17, 15) is 14.4 Å². The van der Waals surface area contributed by atoms with Gasteiger partial charge in [-0.3, -0.25) is 14.4 Å². The zero-order valence-electron chi connectivity index (χ0n) is 17.4. The van der Waals surface area contributed by atoms with Crippen LogP contribution >= 0.6 is 11.8 Å². The molecular weight excluding hydrogens is 402 g/mol. The van der Waals surface area contributed by atoms with E-state index in [1.54, 1.807) is 74.5 Å². The number of nitrogens with zero attached hydrogens (tertiary/aromatic N) is 1. The first-order valence-electron chi connectivity index (χ1n) is 9.48. The largest absolute Gasteiger partial charge is 0.497 e. The average molecular weight is 430 g/mol. The van der Waals surface area contributed by atoms with Crippen LogP contribution in [-0.2, 0) is 9.59 Å². The van der Waals surface area contributed by atoms with Crippen molar-refractivity contribution in [3.8, 4) is 5.75 Å². The van der Waals surface area contributed by atoms with Gasteiger partial charge in [0.05, 0.1) is 13.7 Å². The number of carbonyl (C=O) groups is 3. The van der Waals surface area contributed by atoms with Gasteiger partial charge < -0.3 is 20.3 Å². The highest BCUT2D eigenvalue weighted by molar-refractivity contribution is 7.98. The summed E-state index contributed by atoms with van der Waals surface area (Å²) in [6.45, 7) is -0.123. The van der Waals surface area contributed by atoms with Crippen molar-refractivity contribution in [2.75, 3.05) is 38.0 Å². The lowest BCUT2D eigenvalue weighted by atomic mass is 10.1. The van der Waals surface area contributed by atoms with Gasteiger partial charge in [-0.15, -0.1) is 0 Å². The van der Waals surface area contributed by atoms with Gasteiger partial charge in [0, 0.05) is 18.3 Å². The topological polar surface area (TPSA) is 87.7 Å². The van der Waals surface area contributed by atoms with Gasteiger partial charge in [0.1, 0.15) is 11.8 Å². The zero-order chi connectivity index (χ0) is 21.9. The highest BCUT2D eigenvalue weighted by Crippen LogP contribution is 2.15. The van der Waals surface area contributed by atoms with Crippen LogP contribution in [0.5, 0.6) is 5.75 Å². The maximum Gasteiger partial charge on any atom is 0.251 e. The first-order valence-corrected chi connectivity index (χ1v) is 10.9. The molecule has 2 aromatic rings. The number of hydrogen-bond donors (Lipinski definition) is 2. The molecule has 0 aliphatic carbocycles. The molecule has 0 bridgehead atoms. The van der Waals surface area contributed by atoms with E-state index in [4.69, 9.17) is 4.74 Å². The van der Waals surface area contributed by atoms with Crippen LogP contribution in [0, 0.1) is 0 Å². The van der Waals surface area contributed by atoms with Crippen molar-refractivity contribution in [1.29, 1.82) is 0 Å². The quantitative estimate of drug-likeness (QED) is 0.606. The van der Waals surface area contributed by atoms with Crippen molar-refractivity contribution in [1.82, 2.24) is 10.2 Å². The van der Waals surface area contributed by atoms with Gasteiger partial charge in [0.2, 0.25) is 11.8 Å². The number of methoxy groups -OCH3 is 1. The van der Waals surface area contributed by atoms with E-state index in [0.717, 1.165) is 0 Å². The molecule has 0 radical (unpaired) electrons. The number of likely N-dealkylation sites (N-methyl/N-ethyl adjacent to an activating group) is 1. The summed E-state index contributed by atoms with van der Waals surface area (Å²) in [7, 11) is 3.12. The number of anilines is 1. The number of thioether (sulfide) groups is 1. The van der Waals surface area contributed by atoms with Crippen molar-refractivity contribution in [2.24, 2.45) is 0 Å². The van der Waals surface area contributed by atoms with Crippen LogP contribution in [0.15, 0.2) is 54.6 Å². The van der Waals surface area contributed by atoms with Gasteiger partial charge in [-0.25, -0.2) is 0 Å². The molecule has 0 aromatic heterocycles. The molecule has 2 N–H and O–H groups in total. The molecule has 0 heterocycles. The molecule has 2 rings (SSSR count). The molecule has 2 aromatic carbocycles. The lowest BCUT2D eigenvalue weighted by Crippen LogP contribution is -2.49. The van der Waals surface area contributed by atoms with Gasteiger partial charge in [0.25, 0.3) is 5.91 Å². The molecule has 0 unspecified atom stereocenters. The molecule has 0 saturated carbocycles. The summed E-state index contributed by atoms with van der Waals surface area (Å²) in [5.74, 6) is 0.446. The van der Waals surface area contributed by atoms with E-state index in [-0.39, 0.29) is 24.3 Å². The Hall–Kier alpha value is -3.00. The molecule has 3 amide bonds. The van der Waals surface area contributed by atoms with E-state index in [1.165, 1.54) is 4.90 Å². The number of amides is 3. The highest BCUT2D eigenvalue weighted by atomic mass is 32.2. The van der Waals surface area contributed by atoms with Crippen LogP contribution in [0.25, 0.3) is 0 Å². The van der Waals surface area contributed by atoms with E-state index >= 15 is 0 Å². The molecule has 0 fully saturated rings. The second-order valence-corrected chi connectivity index (χ2v) is 7.63. The number of carbonyl (C=O) groups excluding carboxylic acids is 3. The predicted octanol–water partition coefficient (Wildman–Crippen LogP) is 2.64. The summed E-state index contributed by atoms with van der Waals surface area (Å²) in [6.07, 6.45) is 2.41. The minimum atomic E-state index is -0.705.